The highest BCUT2D eigenvalue weighted by molar-refractivity contribution is 6.03. The Bertz CT molecular complexity index is 1750. The van der Waals surface area contributed by atoms with Gasteiger partial charge < -0.3 is 4.74 Å². The zero-order valence-corrected chi connectivity index (χ0v) is 20.7. The lowest BCUT2D eigenvalue weighted by molar-refractivity contribution is -0.137. The molecule has 0 N–H and O–H groups in total. The van der Waals surface area contributed by atoms with Crippen LogP contribution in [0, 0.1) is 0 Å². The Morgan fingerprint density at radius 1 is 0.875 bits per heavy atom. The first-order valence-electron chi connectivity index (χ1n) is 12.5. The van der Waals surface area contributed by atoms with E-state index in [-0.39, 0.29) is 29.9 Å². The summed E-state index contributed by atoms with van der Waals surface area (Å²) in [6.45, 7) is -0.283. The van der Waals surface area contributed by atoms with Gasteiger partial charge in [0.15, 0.2) is 17.3 Å². The van der Waals surface area contributed by atoms with Crippen molar-refractivity contribution in [3.05, 3.63) is 108 Å². The van der Waals surface area contributed by atoms with Gasteiger partial charge in [-0.3, -0.25) is 9.59 Å². The van der Waals surface area contributed by atoms with Crippen LogP contribution in [0.4, 0.5) is 19.1 Å². The summed E-state index contributed by atoms with van der Waals surface area (Å²) < 4.78 is 46.9. The molecule has 3 aromatic carbocycles. The number of carbonyl (C=O) groups is 2. The number of anilines is 1. The lowest BCUT2D eigenvalue weighted by Gasteiger charge is -2.31. The highest BCUT2D eigenvalue weighted by atomic mass is 19.4. The summed E-state index contributed by atoms with van der Waals surface area (Å²) in [6, 6.07) is 18.5. The largest absolute Gasteiger partial charge is 0.416 e. The molecular formula is C30H19F3N4O3. The average molecular weight is 541 g/mol. The van der Waals surface area contributed by atoms with E-state index in [0.717, 1.165) is 29.7 Å². The molecule has 2 heterocycles. The van der Waals surface area contributed by atoms with Crippen LogP contribution >= 0.6 is 0 Å². The van der Waals surface area contributed by atoms with Crippen LogP contribution in [-0.2, 0) is 26.9 Å². The molecule has 1 spiro atoms. The zero-order chi connectivity index (χ0) is 27.6. The van der Waals surface area contributed by atoms with Crippen molar-refractivity contribution in [1.29, 1.82) is 0 Å². The molecule has 0 radical (unpaired) electrons. The summed E-state index contributed by atoms with van der Waals surface area (Å²) in [7, 11) is 0. The van der Waals surface area contributed by atoms with E-state index >= 15 is 0 Å². The number of amides is 1. The Balaban J connectivity index is 1.37. The molecule has 10 heteroatoms. The van der Waals surface area contributed by atoms with Crippen LogP contribution in [0.15, 0.2) is 91.0 Å². The molecule has 0 atom stereocenters. The van der Waals surface area contributed by atoms with Crippen molar-refractivity contribution < 1.29 is 27.5 Å². The number of nitrogens with zero attached hydrogens (tertiary/aromatic N) is 4. The molecule has 4 aromatic rings. The Labute approximate surface area is 225 Å². The van der Waals surface area contributed by atoms with Crippen molar-refractivity contribution in [2.45, 2.75) is 18.3 Å². The molecule has 1 amide bonds. The monoisotopic (exact) mass is 540 g/mol. The van der Waals surface area contributed by atoms with E-state index in [0.29, 0.717) is 5.56 Å². The predicted octanol–water partition coefficient (Wildman–Crippen LogP) is 5.28. The molecule has 0 saturated carbocycles. The van der Waals surface area contributed by atoms with Crippen LogP contribution in [0.25, 0.3) is 28.2 Å². The molecule has 0 bridgehead atoms. The number of alkyl halides is 3. The highest BCUT2D eigenvalue weighted by Gasteiger charge is 2.48. The normalized spacial score (nSPS) is 17.1. The Morgan fingerprint density at radius 3 is 2.35 bits per heavy atom. The van der Waals surface area contributed by atoms with Crippen molar-refractivity contribution in [2.24, 2.45) is 0 Å². The molecule has 1 fully saturated rings. The first-order valence-corrected chi connectivity index (χ1v) is 12.5. The minimum Gasteiger partial charge on any atom is -0.338 e. The van der Waals surface area contributed by atoms with E-state index in [1.54, 1.807) is 0 Å². The highest BCUT2D eigenvalue weighted by Crippen LogP contribution is 2.40. The molecule has 40 heavy (non-hydrogen) atoms. The lowest BCUT2D eigenvalue weighted by atomic mass is 10.0. The topological polar surface area (TPSA) is 77.3 Å². The van der Waals surface area contributed by atoms with Gasteiger partial charge in [0.2, 0.25) is 5.95 Å². The van der Waals surface area contributed by atoms with Gasteiger partial charge in [0.1, 0.15) is 6.61 Å². The maximum absolute atomic E-state index is 13.3. The van der Waals surface area contributed by atoms with Gasteiger partial charge in [0.05, 0.1) is 11.3 Å². The van der Waals surface area contributed by atoms with E-state index < -0.39 is 23.4 Å². The van der Waals surface area contributed by atoms with Gasteiger partial charge in [0, 0.05) is 5.56 Å². The van der Waals surface area contributed by atoms with Crippen molar-refractivity contribution in [3.8, 4) is 28.2 Å². The van der Waals surface area contributed by atoms with Crippen molar-refractivity contribution >= 4 is 17.6 Å². The standard InChI is InChI=1S/C30H19F3N4O3/c31-30(32,33)21-6-8-22(9-7-21)37-28(36-26(39)17-40-29(36)13-11-23(38)12-14-29)34-27(35-37)19-5-10-25-20(16-19)15-18-3-1-2-4-24(18)25/h1-14,16H,15,17H2. The predicted molar refractivity (Wildman–Crippen MR) is 139 cm³/mol. The summed E-state index contributed by atoms with van der Waals surface area (Å²) in [5, 5.41) is 4.65. The van der Waals surface area contributed by atoms with Gasteiger partial charge in [-0.25, -0.2) is 4.90 Å². The molecule has 7 nitrogen and oxygen atoms in total. The fourth-order valence-corrected chi connectivity index (χ4v) is 5.35. The fourth-order valence-electron chi connectivity index (χ4n) is 5.35. The van der Waals surface area contributed by atoms with Gasteiger partial charge in [-0.2, -0.15) is 22.8 Å². The van der Waals surface area contributed by atoms with Gasteiger partial charge in [-0.05, 0) is 83.3 Å². The van der Waals surface area contributed by atoms with Gasteiger partial charge in [-0.15, -0.1) is 5.10 Å². The molecule has 0 unspecified atom stereocenters. The van der Waals surface area contributed by atoms with E-state index in [9.17, 15) is 22.8 Å². The molecule has 3 aliphatic rings. The summed E-state index contributed by atoms with van der Waals surface area (Å²) in [5.74, 6) is -0.384. The Kier molecular flexibility index (Phi) is 5.20. The van der Waals surface area contributed by atoms with Gasteiger partial charge in [0.25, 0.3) is 5.91 Å². The third kappa shape index (κ3) is 3.79. The van der Waals surface area contributed by atoms with Crippen LogP contribution in [0.2, 0.25) is 0 Å². The first-order chi connectivity index (χ1) is 19.2. The summed E-state index contributed by atoms with van der Waals surface area (Å²) >= 11 is 0. The quantitative estimate of drug-likeness (QED) is 0.311. The molecule has 1 aromatic heterocycles. The van der Waals surface area contributed by atoms with Crippen LogP contribution in [0.5, 0.6) is 0 Å². The third-order valence-electron chi connectivity index (χ3n) is 7.28. The lowest BCUT2D eigenvalue weighted by Crippen LogP contribution is -2.46. The number of ketones is 1. The van der Waals surface area contributed by atoms with Crippen molar-refractivity contribution in [3.63, 3.8) is 0 Å². The third-order valence-corrected chi connectivity index (χ3v) is 7.28. The van der Waals surface area contributed by atoms with E-state index in [2.05, 4.69) is 17.2 Å². The minimum absolute atomic E-state index is 0.0460. The van der Waals surface area contributed by atoms with Crippen LogP contribution in [0.3, 0.4) is 0 Å². The number of benzene rings is 3. The Morgan fingerprint density at radius 2 is 1.60 bits per heavy atom. The van der Waals surface area contributed by atoms with Crippen LogP contribution < -0.4 is 4.90 Å². The molecular weight excluding hydrogens is 521 g/mol. The number of carbonyl (C=O) groups excluding carboxylic acids is 2. The second-order valence-electron chi connectivity index (χ2n) is 9.74. The Hall–Kier alpha value is -4.83. The summed E-state index contributed by atoms with van der Waals surface area (Å²) in [6.07, 6.45) is 1.74. The average Bonchev–Trinajstić information content (AvgIpc) is 3.63. The SMILES string of the molecule is O=C1C=CC2(C=C1)OCC(=O)N2c1nc(-c2ccc3c(c2)Cc2ccccc2-3)nn1-c1ccc(C(F)(F)F)cc1. The van der Waals surface area contributed by atoms with Crippen molar-refractivity contribution in [2.75, 3.05) is 11.5 Å². The van der Waals surface area contributed by atoms with Crippen LogP contribution in [0.1, 0.15) is 16.7 Å². The number of hydrogen-bond acceptors (Lipinski definition) is 5. The molecule has 1 saturated heterocycles. The smallest absolute Gasteiger partial charge is 0.338 e. The van der Waals surface area contributed by atoms with Crippen LogP contribution in [-0.4, -0.2) is 38.8 Å². The number of halogens is 3. The second-order valence-corrected chi connectivity index (χ2v) is 9.74. The van der Waals surface area contributed by atoms with E-state index in [1.165, 1.54) is 57.1 Å². The number of ether oxygens (including phenoxy) is 1. The number of fused-ring (bicyclic) bond motifs is 3. The van der Waals surface area contributed by atoms with Gasteiger partial charge in [-0.1, -0.05) is 36.4 Å². The zero-order valence-electron chi connectivity index (χ0n) is 20.7. The molecule has 2 aliphatic carbocycles. The number of rotatable bonds is 3. The second kappa shape index (κ2) is 8.59. The number of allylic oxidation sites excluding steroid dienone is 2. The van der Waals surface area contributed by atoms with E-state index in [4.69, 9.17) is 9.72 Å². The maximum atomic E-state index is 13.3. The van der Waals surface area contributed by atoms with E-state index in [1.807, 2.05) is 30.3 Å². The van der Waals surface area contributed by atoms with Gasteiger partial charge >= 0.3 is 6.18 Å². The number of aromatic nitrogens is 3. The maximum Gasteiger partial charge on any atom is 0.416 e. The summed E-state index contributed by atoms with van der Waals surface area (Å²) in [5.41, 5.74) is 3.31. The summed E-state index contributed by atoms with van der Waals surface area (Å²) in [4.78, 5) is 31.0. The molecule has 1 aliphatic heterocycles. The van der Waals surface area contributed by atoms with Crippen molar-refractivity contribution in [1.82, 2.24) is 14.8 Å². The molecule has 198 valence electrons. The fraction of sp³-hybridized carbons (Fsp3) is 0.133. The molecule has 7 rings (SSSR count). The minimum atomic E-state index is -4.51. The first kappa shape index (κ1) is 24.2. The number of hydrogen-bond donors (Lipinski definition) is 0.